The molecule has 35 heavy (non-hydrogen) atoms. The topological polar surface area (TPSA) is 96.6 Å². The number of carbonyl (C=O) groups is 1. The van der Waals surface area contributed by atoms with Crippen LogP contribution in [-0.4, -0.2) is 75.0 Å². The first-order valence-corrected chi connectivity index (χ1v) is 11.9. The van der Waals surface area contributed by atoms with Gasteiger partial charge in [0.1, 0.15) is 17.5 Å². The van der Waals surface area contributed by atoms with Gasteiger partial charge in [-0.1, -0.05) is 12.1 Å². The lowest BCUT2D eigenvalue weighted by molar-refractivity contribution is 0.122. The van der Waals surface area contributed by atoms with Crippen molar-refractivity contribution in [2.24, 2.45) is 5.92 Å². The van der Waals surface area contributed by atoms with Crippen LogP contribution in [0.2, 0.25) is 0 Å². The van der Waals surface area contributed by atoms with Crippen LogP contribution >= 0.6 is 0 Å². The lowest BCUT2D eigenvalue weighted by atomic mass is 10.0. The molecule has 1 amide bonds. The lowest BCUT2D eigenvalue weighted by Crippen LogP contribution is -2.37. The number of alkyl halides is 2. The molecule has 0 unspecified atom stereocenters. The van der Waals surface area contributed by atoms with Crippen LogP contribution in [0.5, 0.6) is 0 Å². The predicted octanol–water partition coefficient (Wildman–Crippen LogP) is 3.91. The predicted molar refractivity (Wildman–Crippen MR) is 125 cm³/mol. The number of halogens is 2. The normalized spacial score (nSPS) is 18.7. The number of nitrogens with zero attached hydrogens (tertiary/aromatic N) is 6. The van der Waals surface area contributed by atoms with Gasteiger partial charge in [0.05, 0.1) is 24.2 Å². The number of benzene rings is 1. The first-order valence-electron chi connectivity index (χ1n) is 11.9. The van der Waals surface area contributed by atoms with E-state index in [1.165, 1.54) is 9.47 Å². The minimum Gasteiger partial charge on any atom is -0.465 e. The smallest absolute Gasteiger partial charge is 0.407 e. The minimum atomic E-state index is -2.76. The first-order chi connectivity index (χ1) is 17.0. The van der Waals surface area contributed by atoms with E-state index in [1.807, 2.05) is 0 Å². The van der Waals surface area contributed by atoms with E-state index in [-0.39, 0.29) is 5.82 Å². The number of hydrogen-bond donors (Lipinski definition) is 1. The number of rotatable bonds is 7. The van der Waals surface area contributed by atoms with Gasteiger partial charge in [0, 0.05) is 38.7 Å². The molecule has 1 aromatic carbocycles. The molecular formula is C24H28F2N6O3. The summed E-state index contributed by atoms with van der Waals surface area (Å²) in [5, 5.41) is 9.18. The maximum absolute atomic E-state index is 14.0. The molecule has 0 aliphatic carbocycles. The minimum absolute atomic E-state index is 0.316. The number of aromatic nitrogens is 4. The Labute approximate surface area is 201 Å². The highest BCUT2D eigenvalue weighted by molar-refractivity contribution is 5.78. The zero-order valence-electron chi connectivity index (χ0n) is 19.3. The Balaban J connectivity index is 1.44. The second kappa shape index (κ2) is 10.1. The number of carboxylic acid groups (broad SMARTS) is 1. The van der Waals surface area contributed by atoms with E-state index in [4.69, 9.17) is 9.72 Å². The van der Waals surface area contributed by atoms with Crippen LogP contribution in [0.15, 0.2) is 30.3 Å². The van der Waals surface area contributed by atoms with Gasteiger partial charge in [-0.15, -0.1) is 0 Å². The number of likely N-dealkylation sites (tertiary alicyclic amines) is 1. The van der Waals surface area contributed by atoms with Gasteiger partial charge in [-0.05, 0) is 37.3 Å². The fraction of sp³-hybridized carbons (Fsp3) is 0.500. The lowest BCUT2D eigenvalue weighted by Gasteiger charge is -2.28. The summed E-state index contributed by atoms with van der Waals surface area (Å²) < 4.78 is 34.8. The molecule has 0 saturated carbocycles. The summed E-state index contributed by atoms with van der Waals surface area (Å²) in [5.41, 5.74) is 1.06. The number of ether oxygens (including phenoxy) is 1. The Morgan fingerprint density at radius 1 is 1.11 bits per heavy atom. The highest BCUT2D eigenvalue weighted by Gasteiger charge is 2.26. The summed E-state index contributed by atoms with van der Waals surface area (Å²) in [7, 11) is 0. The molecule has 4 heterocycles. The van der Waals surface area contributed by atoms with Crippen molar-refractivity contribution in [1.82, 2.24) is 24.4 Å². The highest BCUT2D eigenvalue weighted by Crippen LogP contribution is 2.29. The second-order valence-corrected chi connectivity index (χ2v) is 8.97. The molecule has 0 radical (unpaired) electrons. The van der Waals surface area contributed by atoms with Gasteiger partial charge in [-0.25, -0.2) is 28.5 Å². The number of imidazole rings is 1. The summed E-state index contributed by atoms with van der Waals surface area (Å²) in [4.78, 5) is 28.3. The molecular weight excluding hydrogens is 458 g/mol. The standard InChI is InChI=1S/C24H28F2N6O3/c25-22(26)23-27-17-5-1-2-6-18(17)32(23)21-14-20(30-10-12-35-13-11-30)28-19(29-21)7-3-4-16-8-9-31(15-16)24(33)34/h1-2,5-6,14,16,22H,3-4,7-13,15H2,(H,33,34)/t16-/m0/s1. The SMILES string of the molecule is O=C(O)N1CC[C@H](CCCc2nc(N3CCOCC3)cc(-n3c(C(F)F)nc4ccccc43)n2)C1. The van der Waals surface area contributed by atoms with Gasteiger partial charge >= 0.3 is 6.09 Å². The van der Waals surface area contributed by atoms with Crippen LogP contribution in [0.3, 0.4) is 0 Å². The molecule has 5 rings (SSSR count). The number of fused-ring (bicyclic) bond motifs is 1. The fourth-order valence-corrected chi connectivity index (χ4v) is 4.87. The molecule has 0 bridgehead atoms. The van der Waals surface area contributed by atoms with E-state index in [1.54, 1.807) is 30.3 Å². The van der Waals surface area contributed by atoms with Crippen molar-refractivity contribution in [1.29, 1.82) is 0 Å². The number of para-hydroxylation sites is 2. The van der Waals surface area contributed by atoms with Gasteiger partial charge < -0.3 is 19.6 Å². The summed E-state index contributed by atoms with van der Waals surface area (Å²) in [6.45, 7) is 3.59. The summed E-state index contributed by atoms with van der Waals surface area (Å²) >= 11 is 0. The number of aryl methyl sites for hydroxylation is 1. The maximum atomic E-state index is 14.0. The van der Waals surface area contributed by atoms with E-state index >= 15 is 0 Å². The van der Waals surface area contributed by atoms with Gasteiger partial charge in [0.25, 0.3) is 6.43 Å². The van der Waals surface area contributed by atoms with Crippen LogP contribution in [0.1, 0.15) is 37.3 Å². The second-order valence-electron chi connectivity index (χ2n) is 8.97. The van der Waals surface area contributed by atoms with Crippen molar-refractivity contribution in [3.8, 4) is 5.82 Å². The molecule has 9 nitrogen and oxygen atoms in total. The van der Waals surface area contributed by atoms with E-state index in [0.717, 1.165) is 19.3 Å². The molecule has 186 valence electrons. The summed E-state index contributed by atoms with van der Waals surface area (Å²) in [6, 6.07) is 8.79. The van der Waals surface area contributed by atoms with Gasteiger partial charge in [0.2, 0.25) is 0 Å². The molecule has 1 N–H and O–H groups in total. The molecule has 2 fully saturated rings. The molecule has 2 aliphatic rings. The largest absolute Gasteiger partial charge is 0.465 e. The summed E-state index contributed by atoms with van der Waals surface area (Å²) in [6.07, 6.45) is -0.554. The Morgan fingerprint density at radius 3 is 2.63 bits per heavy atom. The molecule has 3 aromatic rings. The Bertz CT molecular complexity index is 1200. The monoisotopic (exact) mass is 486 g/mol. The van der Waals surface area contributed by atoms with Crippen LogP contribution in [0.4, 0.5) is 19.4 Å². The van der Waals surface area contributed by atoms with Gasteiger partial charge in [-0.3, -0.25) is 4.57 Å². The zero-order valence-corrected chi connectivity index (χ0v) is 19.3. The summed E-state index contributed by atoms with van der Waals surface area (Å²) in [5.74, 6) is 1.61. The van der Waals surface area contributed by atoms with E-state index in [0.29, 0.717) is 80.2 Å². The van der Waals surface area contributed by atoms with Crippen molar-refractivity contribution in [2.75, 3.05) is 44.3 Å². The number of morpholine rings is 1. The molecule has 0 spiro atoms. The first kappa shape index (κ1) is 23.4. The molecule has 2 saturated heterocycles. The van der Waals surface area contributed by atoms with Crippen molar-refractivity contribution in [3.63, 3.8) is 0 Å². The third kappa shape index (κ3) is 5.04. The molecule has 2 aromatic heterocycles. The van der Waals surface area contributed by atoms with E-state index in [9.17, 15) is 18.7 Å². The Kier molecular flexibility index (Phi) is 6.76. The van der Waals surface area contributed by atoms with Crippen molar-refractivity contribution < 1.29 is 23.4 Å². The van der Waals surface area contributed by atoms with Crippen LogP contribution in [0.25, 0.3) is 16.9 Å². The molecule has 1 atom stereocenters. The van der Waals surface area contributed by atoms with Crippen molar-refractivity contribution in [2.45, 2.75) is 32.1 Å². The third-order valence-electron chi connectivity index (χ3n) is 6.66. The number of hydrogen-bond acceptors (Lipinski definition) is 6. The Morgan fingerprint density at radius 2 is 1.89 bits per heavy atom. The molecule has 2 aliphatic heterocycles. The quantitative estimate of drug-likeness (QED) is 0.541. The average molecular weight is 487 g/mol. The number of amides is 1. The maximum Gasteiger partial charge on any atom is 0.407 e. The van der Waals surface area contributed by atoms with Gasteiger partial charge in [-0.2, -0.15) is 0 Å². The van der Waals surface area contributed by atoms with Gasteiger partial charge in [0.15, 0.2) is 5.82 Å². The van der Waals surface area contributed by atoms with Crippen molar-refractivity contribution >= 4 is 22.9 Å². The van der Waals surface area contributed by atoms with Crippen LogP contribution in [-0.2, 0) is 11.2 Å². The van der Waals surface area contributed by atoms with Crippen LogP contribution in [0, 0.1) is 5.92 Å². The third-order valence-corrected chi connectivity index (χ3v) is 6.66. The van der Waals surface area contributed by atoms with Crippen LogP contribution < -0.4 is 4.90 Å². The molecule has 11 heteroatoms. The van der Waals surface area contributed by atoms with Crippen molar-refractivity contribution in [3.05, 3.63) is 42.0 Å². The zero-order chi connectivity index (χ0) is 24.4. The average Bonchev–Trinajstić information content (AvgIpc) is 3.50. The number of anilines is 1. The van der Waals surface area contributed by atoms with E-state index < -0.39 is 12.5 Å². The Hall–Kier alpha value is -3.34. The highest BCUT2D eigenvalue weighted by atomic mass is 19.3. The fourth-order valence-electron chi connectivity index (χ4n) is 4.87. The van der Waals surface area contributed by atoms with E-state index in [2.05, 4.69) is 14.9 Å².